The first kappa shape index (κ1) is 12.3. The van der Waals surface area contributed by atoms with Gasteiger partial charge in [-0.1, -0.05) is 18.2 Å². The second kappa shape index (κ2) is 4.04. The number of fused-ring (bicyclic) bond motifs is 5. The number of aliphatic hydroxyl groups is 2. The molecule has 0 radical (unpaired) electrons. The third kappa shape index (κ3) is 1.26. The van der Waals surface area contributed by atoms with Gasteiger partial charge in [-0.3, -0.25) is 9.69 Å². The summed E-state index contributed by atoms with van der Waals surface area (Å²) in [6.07, 6.45) is 0.317. The van der Waals surface area contributed by atoms with E-state index in [0.29, 0.717) is 5.69 Å². The van der Waals surface area contributed by atoms with Gasteiger partial charge in [-0.2, -0.15) is 0 Å². The van der Waals surface area contributed by atoms with Gasteiger partial charge in [0.05, 0.1) is 18.8 Å². The molecule has 2 N–H and O–H groups in total. The van der Waals surface area contributed by atoms with Crippen LogP contribution < -0.4 is 4.90 Å². The Morgan fingerprint density at radius 3 is 2.70 bits per heavy atom. The van der Waals surface area contributed by atoms with Gasteiger partial charge in [0.2, 0.25) is 5.91 Å². The smallest absolute Gasteiger partial charge is 0.240 e. The molecule has 5 atom stereocenters. The highest BCUT2D eigenvalue weighted by Crippen LogP contribution is 2.58. The SMILES string of the molecule is O=C1N(c2ccccc2)[C@H](O)[C@@H]2[C@H]3CC[C@H](O3)[C@]12CO. The van der Waals surface area contributed by atoms with Crippen molar-refractivity contribution in [1.29, 1.82) is 0 Å². The molecule has 20 heavy (non-hydrogen) atoms. The Kier molecular flexibility index (Phi) is 2.49. The number of anilines is 1. The van der Waals surface area contributed by atoms with Gasteiger partial charge in [-0.25, -0.2) is 0 Å². The van der Waals surface area contributed by atoms with E-state index in [4.69, 9.17) is 4.74 Å². The number of para-hydroxylation sites is 1. The molecule has 1 amide bonds. The van der Waals surface area contributed by atoms with E-state index in [2.05, 4.69) is 0 Å². The Morgan fingerprint density at radius 2 is 2.05 bits per heavy atom. The minimum atomic E-state index is -0.960. The van der Waals surface area contributed by atoms with Crippen LogP contribution in [0.4, 0.5) is 5.69 Å². The lowest BCUT2D eigenvalue weighted by Gasteiger charge is -2.31. The van der Waals surface area contributed by atoms with Crippen LogP contribution in [0.15, 0.2) is 30.3 Å². The van der Waals surface area contributed by atoms with E-state index in [9.17, 15) is 15.0 Å². The fourth-order valence-corrected chi connectivity index (χ4v) is 4.23. The highest BCUT2D eigenvalue weighted by Gasteiger charge is 2.71. The van der Waals surface area contributed by atoms with Gasteiger partial charge in [0.1, 0.15) is 11.6 Å². The highest BCUT2D eigenvalue weighted by atomic mass is 16.5. The van der Waals surface area contributed by atoms with Gasteiger partial charge >= 0.3 is 0 Å². The second-order valence-corrected chi connectivity index (χ2v) is 5.89. The molecule has 0 aromatic heterocycles. The number of rotatable bonds is 2. The van der Waals surface area contributed by atoms with Crippen molar-refractivity contribution in [3.8, 4) is 0 Å². The minimum absolute atomic E-state index is 0.125. The molecule has 0 unspecified atom stereocenters. The van der Waals surface area contributed by atoms with E-state index in [-0.39, 0.29) is 30.6 Å². The van der Waals surface area contributed by atoms with Crippen LogP contribution in [0, 0.1) is 11.3 Å². The first-order valence-corrected chi connectivity index (χ1v) is 7.03. The lowest BCUT2D eigenvalue weighted by Crippen LogP contribution is -2.47. The molecule has 3 fully saturated rings. The van der Waals surface area contributed by atoms with E-state index in [1.54, 1.807) is 12.1 Å². The van der Waals surface area contributed by atoms with E-state index >= 15 is 0 Å². The van der Waals surface area contributed by atoms with Crippen molar-refractivity contribution in [3.05, 3.63) is 30.3 Å². The number of carbonyl (C=O) groups excluding carboxylic acids is 1. The average molecular weight is 275 g/mol. The van der Waals surface area contributed by atoms with Gasteiger partial charge in [0.15, 0.2) is 0 Å². The number of carbonyl (C=O) groups is 1. The number of hydrogen-bond acceptors (Lipinski definition) is 4. The van der Waals surface area contributed by atoms with Crippen molar-refractivity contribution in [2.24, 2.45) is 11.3 Å². The van der Waals surface area contributed by atoms with Gasteiger partial charge in [0.25, 0.3) is 0 Å². The van der Waals surface area contributed by atoms with Crippen LogP contribution in [0.2, 0.25) is 0 Å². The molecule has 0 spiro atoms. The Balaban J connectivity index is 1.81. The number of ether oxygens (including phenoxy) is 1. The minimum Gasteiger partial charge on any atom is -0.395 e. The van der Waals surface area contributed by atoms with Crippen molar-refractivity contribution < 1.29 is 19.7 Å². The third-order valence-corrected chi connectivity index (χ3v) is 5.12. The molecule has 0 saturated carbocycles. The van der Waals surface area contributed by atoms with Crippen LogP contribution in [-0.2, 0) is 9.53 Å². The van der Waals surface area contributed by atoms with E-state index < -0.39 is 11.6 Å². The molecular weight excluding hydrogens is 258 g/mol. The maximum Gasteiger partial charge on any atom is 0.240 e. The average Bonchev–Trinajstić information content (AvgIpc) is 3.12. The van der Waals surface area contributed by atoms with Crippen molar-refractivity contribution >= 4 is 11.6 Å². The molecule has 5 heteroatoms. The predicted octanol–water partition coefficient (Wildman–Crippen LogP) is 0.508. The standard InChI is InChI=1S/C15H17NO4/c17-8-15-11-7-6-10(20-11)12(15)13(18)16(14(15)19)9-4-2-1-3-5-9/h1-5,10-13,17-18H,6-8H2/t10-,11+,12+,13-,15+/m1/s1. The summed E-state index contributed by atoms with van der Waals surface area (Å²) in [5.74, 6) is -0.546. The zero-order valence-corrected chi connectivity index (χ0v) is 11.0. The molecule has 1 aromatic carbocycles. The van der Waals surface area contributed by atoms with E-state index in [0.717, 1.165) is 12.8 Å². The number of hydrogen-bond donors (Lipinski definition) is 2. The lowest BCUT2D eigenvalue weighted by atomic mass is 9.68. The van der Waals surface area contributed by atoms with Crippen LogP contribution in [0.1, 0.15) is 12.8 Å². The molecule has 2 bridgehead atoms. The Bertz CT molecular complexity index is 548. The van der Waals surface area contributed by atoms with Crippen molar-refractivity contribution in [1.82, 2.24) is 0 Å². The van der Waals surface area contributed by atoms with Crippen molar-refractivity contribution in [2.45, 2.75) is 31.3 Å². The highest BCUT2D eigenvalue weighted by molar-refractivity contribution is 6.02. The zero-order valence-electron chi connectivity index (χ0n) is 11.0. The Labute approximate surface area is 116 Å². The van der Waals surface area contributed by atoms with Crippen LogP contribution in [-0.4, -0.2) is 41.2 Å². The topological polar surface area (TPSA) is 70.0 Å². The molecule has 4 rings (SSSR count). The van der Waals surface area contributed by atoms with Crippen molar-refractivity contribution in [2.75, 3.05) is 11.5 Å². The fourth-order valence-electron chi connectivity index (χ4n) is 4.23. The Morgan fingerprint density at radius 1 is 1.30 bits per heavy atom. The number of nitrogens with zero attached hydrogens (tertiary/aromatic N) is 1. The third-order valence-electron chi connectivity index (χ3n) is 5.12. The molecule has 1 aromatic rings. The first-order chi connectivity index (χ1) is 9.70. The van der Waals surface area contributed by atoms with Crippen molar-refractivity contribution in [3.63, 3.8) is 0 Å². The maximum atomic E-state index is 12.9. The summed E-state index contributed by atoms with van der Waals surface area (Å²) < 4.78 is 5.79. The van der Waals surface area contributed by atoms with Crippen LogP contribution in [0.5, 0.6) is 0 Å². The van der Waals surface area contributed by atoms with E-state index in [1.165, 1.54) is 4.90 Å². The Hall–Kier alpha value is -1.43. The molecule has 3 aliphatic rings. The van der Waals surface area contributed by atoms with Gasteiger partial charge in [0, 0.05) is 11.6 Å². The van der Waals surface area contributed by atoms with Gasteiger partial charge in [-0.15, -0.1) is 0 Å². The van der Waals surface area contributed by atoms with Gasteiger partial charge in [-0.05, 0) is 25.0 Å². The molecule has 3 saturated heterocycles. The summed E-state index contributed by atoms with van der Waals surface area (Å²) in [7, 11) is 0. The molecule has 5 nitrogen and oxygen atoms in total. The molecule has 3 heterocycles. The quantitative estimate of drug-likeness (QED) is 0.825. The first-order valence-electron chi connectivity index (χ1n) is 7.03. The lowest BCUT2D eigenvalue weighted by molar-refractivity contribution is -0.132. The molecule has 3 aliphatic heterocycles. The summed E-state index contributed by atoms with van der Waals surface area (Å²) in [6.45, 7) is -0.266. The maximum absolute atomic E-state index is 12.9. The predicted molar refractivity (Wildman–Crippen MR) is 70.8 cm³/mol. The van der Waals surface area contributed by atoms with Crippen LogP contribution >= 0.6 is 0 Å². The number of benzene rings is 1. The summed E-state index contributed by atoms with van der Waals surface area (Å²) in [6, 6.07) is 9.14. The van der Waals surface area contributed by atoms with Gasteiger partial charge < -0.3 is 14.9 Å². The molecule has 106 valence electrons. The number of amides is 1. The summed E-state index contributed by atoms with van der Waals surface area (Å²) in [4.78, 5) is 14.3. The van der Waals surface area contributed by atoms with E-state index in [1.807, 2.05) is 18.2 Å². The van der Waals surface area contributed by atoms with Crippen LogP contribution in [0.3, 0.4) is 0 Å². The molecule has 0 aliphatic carbocycles. The second-order valence-electron chi connectivity index (χ2n) is 5.89. The summed E-state index contributed by atoms with van der Waals surface area (Å²) in [5.41, 5.74) is -0.287. The largest absolute Gasteiger partial charge is 0.395 e. The normalized spacial score (nSPS) is 42.3. The zero-order chi connectivity index (χ0) is 13.9. The number of aliphatic hydroxyl groups excluding tert-OH is 2. The van der Waals surface area contributed by atoms with Crippen LogP contribution in [0.25, 0.3) is 0 Å². The molecular formula is C15H17NO4. The fraction of sp³-hybridized carbons (Fsp3) is 0.533. The summed E-state index contributed by atoms with van der Waals surface area (Å²) in [5, 5.41) is 20.5. The monoisotopic (exact) mass is 275 g/mol. The summed E-state index contributed by atoms with van der Waals surface area (Å²) >= 11 is 0.